The lowest BCUT2D eigenvalue weighted by atomic mass is 10.00. The van der Waals surface area contributed by atoms with Gasteiger partial charge in [0.1, 0.15) is 5.52 Å². The van der Waals surface area contributed by atoms with Crippen molar-refractivity contribution in [3.63, 3.8) is 0 Å². The first-order valence-corrected chi connectivity index (χ1v) is 15.9. The van der Waals surface area contributed by atoms with Crippen molar-refractivity contribution in [2.75, 3.05) is 4.90 Å². The summed E-state index contributed by atoms with van der Waals surface area (Å²) in [5.41, 5.74) is 8.44. The molecule has 0 saturated carbocycles. The fourth-order valence-corrected chi connectivity index (χ4v) is 7.63. The van der Waals surface area contributed by atoms with Crippen LogP contribution in [0.5, 0.6) is 0 Å². The van der Waals surface area contributed by atoms with Gasteiger partial charge in [0.05, 0.1) is 11.4 Å². The highest BCUT2D eigenvalue weighted by atomic mass is 32.1. The van der Waals surface area contributed by atoms with Crippen LogP contribution in [0.1, 0.15) is 0 Å². The summed E-state index contributed by atoms with van der Waals surface area (Å²) >= 11 is 1.81. The highest BCUT2D eigenvalue weighted by Crippen LogP contribution is 2.46. The molecule has 7 aromatic carbocycles. The number of anilines is 3. The van der Waals surface area contributed by atoms with Crippen LogP contribution in [-0.4, -0.2) is 4.98 Å². The number of rotatable bonds is 5. The van der Waals surface area contributed by atoms with E-state index in [1.54, 1.807) is 0 Å². The van der Waals surface area contributed by atoms with E-state index in [-0.39, 0.29) is 0 Å². The Kier molecular flexibility index (Phi) is 6.00. The summed E-state index contributed by atoms with van der Waals surface area (Å²) in [5.74, 6) is 0.653. The van der Waals surface area contributed by atoms with Crippen LogP contribution in [0.15, 0.2) is 162 Å². The van der Waals surface area contributed by atoms with Gasteiger partial charge in [-0.1, -0.05) is 109 Å². The second kappa shape index (κ2) is 10.5. The van der Waals surface area contributed by atoms with E-state index in [1.165, 1.54) is 42.1 Å². The van der Waals surface area contributed by atoms with Crippen molar-refractivity contribution in [2.45, 2.75) is 0 Å². The van der Waals surface area contributed by atoms with Crippen LogP contribution in [0.3, 0.4) is 0 Å². The number of hydrogen-bond donors (Lipinski definition) is 0. The number of benzene rings is 7. The van der Waals surface area contributed by atoms with E-state index in [2.05, 4.69) is 138 Å². The Hall–Kier alpha value is -5.71. The summed E-state index contributed by atoms with van der Waals surface area (Å²) in [7, 11) is 0. The Labute approximate surface area is 264 Å². The SMILES string of the molecule is c1ccc(-c2ccccc2N(c2ccc3c(c2)sc2cccc(-c4nc5ccccc5o4)c23)c2cccc3ccccc23)cc1. The minimum Gasteiger partial charge on any atom is -0.436 e. The van der Waals surface area contributed by atoms with Crippen LogP contribution in [0.25, 0.3) is 64.6 Å². The van der Waals surface area contributed by atoms with E-state index < -0.39 is 0 Å². The predicted octanol–water partition coefficient (Wildman–Crippen LogP) is 12.2. The summed E-state index contributed by atoms with van der Waals surface area (Å²) < 4.78 is 8.67. The van der Waals surface area contributed by atoms with Gasteiger partial charge in [-0.3, -0.25) is 0 Å². The number of thiophene rings is 1. The molecule has 0 aliphatic carbocycles. The van der Waals surface area contributed by atoms with Gasteiger partial charge in [-0.05, 0) is 59.5 Å². The molecule has 0 saturated heterocycles. The molecule has 4 heteroatoms. The lowest BCUT2D eigenvalue weighted by molar-refractivity contribution is 0.620. The summed E-state index contributed by atoms with van der Waals surface area (Å²) in [6, 6.07) is 55.7. The van der Waals surface area contributed by atoms with Crippen LogP contribution in [-0.2, 0) is 0 Å². The van der Waals surface area contributed by atoms with Crippen molar-refractivity contribution >= 4 is 70.4 Å². The van der Waals surface area contributed by atoms with Crippen molar-refractivity contribution in [1.82, 2.24) is 4.98 Å². The van der Waals surface area contributed by atoms with Gasteiger partial charge in [-0.2, -0.15) is 0 Å². The quantitative estimate of drug-likeness (QED) is 0.198. The first-order chi connectivity index (χ1) is 22.3. The molecule has 0 aliphatic rings. The summed E-state index contributed by atoms with van der Waals surface area (Å²) in [6.45, 7) is 0. The Morgan fingerprint density at radius 1 is 0.533 bits per heavy atom. The number of oxazole rings is 1. The summed E-state index contributed by atoms with van der Waals surface area (Å²) in [5, 5.41) is 4.79. The molecular weight excluding hydrogens is 569 g/mol. The minimum atomic E-state index is 0.653. The van der Waals surface area contributed by atoms with Gasteiger partial charge in [0.2, 0.25) is 5.89 Å². The fourth-order valence-electron chi connectivity index (χ4n) is 6.46. The maximum atomic E-state index is 6.24. The van der Waals surface area contributed by atoms with E-state index in [9.17, 15) is 0 Å². The van der Waals surface area contributed by atoms with E-state index in [0.717, 1.165) is 33.7 Å². The molecule has 0 unspecified atom stereocenters. The van der Waals surface area contributed by atoms with Crippen LogP contribution < -0.4 is 4.90 Å². The second-order valence-electron chi connectivity index (χ2n) is 11.2. The highest BCUT2D eigenvalue weighted by molar-refractivity contribution is 7.26. The highest BCUT2D eigenvalue weighted by Gasteiger charge is 2.21. The predicted molar refractivity (Wildman–Crippen MR) is 190 cm³/mol. The fraction of sp³-hybridized carbons (Fsp3) is 0. The van der Waals surface area contributed by atoms with Crippen LogP contribution in [0, 0.1) is 0 Å². The zero-order valence-corrected chi connectivity index (χ0v) is 25.0. The van der Waals surface area contributed by atoms with Gasteiger partial charge in [0.25, 0.3) is 0 Å². The summed E-state index contributed by atoms with van der Waals surface area (Å²) in [6.07, 6.45) is 0. The standard InChI is InChI=1S/C41H26N2OS/c1-2-12-27(13-3-1)30-17-6-8-20-35(30)43(36-21-10-15-28-14-4-5-16-31(28)36)29-24-25-32-39(26-29)45-38-23-11-18-33(40(32)38)41-42-34-19-7-9-22-37(34)44-41/h1-26H. The molecule has 9 aromatic rings. The van der Waals surface area contributed by atoms with E-state index in [4.69, 9.17) is 9.40 Å². The third-order valence-corrected chi connectivity index (χ3v) is 9.62. The first kappa shape index (κ1) is 25.8. The second-order valence-corrected chi connectivity index (χ2v) is 12.2. The van der Waals surface area contributed by atoms with Crippen LogP contribution in [0.4, 0.5) is 17.1 Å². The number of fused-ring (bicyclic) bond motifs is 5. The molecule has 2 heterocycles. The number of hydrogen-bond acceptors (Lipinski definition) is 4. The molecule has 0 spiro atoms. The minimum absolute atomic E-state index is 0.653. The third-order valence-electron chi connectivity index (χ3n) is 8.50. The molecule has 3 nitrogen and oxygen atoms in total. The topological polar surface area (TPSA) is 29.3 Å². The lowest BCUT2D eigenvalue weighted by Gasteiger charge is -2.29. The molecule has 0 amide bonds. The zero-order chi connectivity index (χ0) is 29.7. The van der Waals surface area contributed by atoms with Gasteiger partial charge in [0, 0.05) is 42.4 Å². The molecule has 0 atom stereocenters. The van der Waals surface area contributed by atoms with Crippen LogP contribution >= 0.6 is 11.3 Å². The zero-order valence-electron chi connectivity index (χ0n) is 24.2. The Bertz CT molecular complexity index is 2470. The van der Waals surface area contributed by atoms with Gasteiger partial charge in [-0.25, -0.2) is 4.98 Å². The average Bonchev–Trinajstić information content (AvgIpc) is 3.71. The van der Waals surface area contributed by atoms with E-state index in [1.807, 2.05) is 35.6 Å². The molecule has 2 aromatic heterocycles. The molecule has 0 aliphatic heterocycles. The Balaban J connectivity index is 1.28. The largest absolute Gasteiger partial charge is 0.436 e. The van der Waals surface area contributed by atoms with Crippen molar-refractivity contribution < 1.29 is 4.42 Å². The number of nitrogens with zero attached hydrogens (tertiary/aromatic N) is 2. The number of aromatic nitrogens is 1. The first-order valence-electron chi connectivity index (χ1n) is 15.1. The van der Waals surface area contributed by atoms with Crippen molar-refractivity contribution in [1.29, 1.82) is 0 Å². The molecule has 0 N–H and O–H groups in total. The summed E-state index contributed by atoms with van der Waals surface area (Å²) in [4.78, 5) is 7.25. The van der Waals surface area contributed by atoms with E-state index >= 15 is 0 Å². The molecule has 45 heavy (non-hydrogen) atoms. The molecular formula is C41H26N2OS. The van der Waals surface area contributed by atoms with E-state index in [0.29, 0.717) is 5.89 Å². The maximum Gasteiger partial charge on any atom is 0.227 e. The molecule has 0 radical (unpaired) electrons. The van der Waals surface area contributed by atoms with Crippen LogP contribution in [0.2, 0.25) is 0 Å². The maximum absolute atomic E-state index is 6.24. The van der Waals surface area contributed by atoms with Gasteiger partial charge in [-0.15, -0.1) is 11.3 Å². The number of para-hydroxylation sites is 3. The van der Waals surface area contributed by atoms with Crippen molar-refractivity contribution in [3.05, 3.63) is 158 Å². The molecule has 0 fully saturated rings. The van der Waals surface area contributed by atoms with Gasteiger partial charge in [0.15, 0.2) is 5.58 Å². The molecule has 9 rings (SSSR count). The molecule has 212 valence electrons. The Morgan fingerprint density at radius 2 is 1.27 bits per heavy atom. The smallest absolute Gasteiger partial charge is 0.227 e. The Morgan fingerprint density at radius 3 is 2.20 bits per heavy atom. The molecule has 0 bridgehead atoms. The van der Waals surface area contributed by atoms with Crippen molar-refractivity contribution in [2.24, 2.45) is 0 Å². The monoisotopic (exact) mass is 594 g/mol. The average molecular weight is 595 g/mol. The lowest BCUT2D eigenvalue weighted by Crippen LogP contribution is -2.11. The van der Waals surface area contributed by atoms with Gasteiger partial charge >= 0.3 is 0 Å². The third kappa shape index (κ3) is 4.30. The van der Waals surface area contributed by atoms with Gasteiger partial charge < -0.3 is 9.32 Å². The van der Waals surface area contributed by atoms with Crippen molar-refractivity contribution in [3.8, 4) is 22.6 Å². The normalized spacial score (nSPS) is 11.6.